The first kappa shape index (κ1) is 16.0. The first-order valence-corrected chi connectivity index (χ1v) is 8.52. The van der Waals surface area contributed by atoms with E-state index < -0.39 is 0 Å². The molecule has 0 aliphatic carbocycles. The molecule has 0 N–H and O–H groups in total. The predicted molar refractivity (Wildman–Crippen MR) is 89.6 cm³/mol. The van der Waals surface area contributed by atoms with Crippen molar-refractivity contribution in [2.45, 2.75) is 19.3 Å². The highest BCUT2D eigenvalue weighted by molar-refractivity contribution is 5.97. The van der Waals surface area contributed by atoms with Crippen LogP contribution in [0.2, 0.25) is 0 Å². The van der Waals surface area contributed by atoms with Gasteiger partial charge in [-0.2, -0.15) is 0 Å². The maximum atomic E-state index is 12.5. The lowest BCUT2D eigenvalue weighted by molar-refractivity contribution is 0.0662. The Kier molecular flexibility index (Phi) is 4.96. The zero-order valence-corrected chi connectivity index (χ0v) is 13.8. The van der Waals surface area contributed by atoms with Gasteiger partial charge in [-0.15, -0.1) is 0 Å². The number of carbonyl (C=O) groups is 2. The molecule has 3 rings (SSSR count). The smallest absolute Gasteiger partial charge is 0.253 e. The zero-order valence-electron chi connectivity index (χ0n) is 13.8. The molecule has 2 saturated heterocycles. The summed E-state index contributed by atoms with van der Waals surface area (Å²) in [5.74, 6) is 0.151. The summed E-state index contributed by atoms with van der Waals surface area (Å²) >= 11 is 0. The maximum absolute atomic E-state index is 12.5. The number of hydrogen-bond donors (Lipinski definition) is 0. The zero-order chi connectivity index (χ0) is 16.2. The third-order valence-electron chi connectivity index (χ3n) is 4.81. The van der Waals surface area contributed by atoms with Gasteiger partial charge in [-0.05, 0) is 50.6 Å². The predicted octanol–water partition coefficient (Wildman–Crippen LogP) is 1.70. The molecule has 1 aromatic rings. The van der Waals surface area contributed by atoms with Crippen molar-refractivity contribution in [1.82, 2.24) is 14.7 Å². The van der Waals surface area contributed by atoms with Gasteiger partial charge in [0.1, 0.15) is 0 Å². The molecule has 0 atom stereocenters. The molecule has 2 aliphatic rings. The molecule has 2 aliphatic heterocycles. The molecular formula is C18H25N3O2. The molecule has 2 heterocycles. The fraction of sp³-hybridized carbons (Fsp3) is 0.556. The summed E-state index contributed by atoms with van der Waals surface area (Å²) in [6.07, 6.45) is 3.39. The summed E-state index contributed by atoms with van der Waals surface area (Å²) < 4.78 is 0. The van der Waals surface area contributed by atoms with Crippen LogP contribution in [0.1, 0.15) is 40.0 Å². The van der Waals surface area contributed by atoms with Crippen LogP contribution in [0.25, 0.3) is 0 Å². The Morgan fingerprint density at radius 1 is 0.696 bits per heavy atom. The number of piperazine rings is 1. The standard InChI is InChI=1S/C18H25N3O2/c1-19-11-13-21(14-12-19)18(23)16-7-5-15(6-8-16)17(22)20-9-3-2-4-10-20/h5-8H,2-4,9-14H2,1H3. The number of likely N-dealkylation sites (N-methyl/N-ethyl adjacent to an activating group) is 1. The van der Waals surface area contributed by atoms with Crippen LogP contribution in [-0.4, -0.2) is 72.8 Å². The second-order valence-corrected chi connectivity index (χ2v) is 6.53. The lowest BCUT2D eigenvalue weighted by Gasteiger charge is -2.32. The van der Waals surface area contributed by atoms with Crippen LogP contribution in [-0.2, 0) is 0 Å². The van der Waals surface area contributed by atoms with Gasteiger partial charge in [-0.3, -0.25) is 9.59 Å². The van der Waals surface area contributed by atoms with Gasteiger partial charge >= 0.3 is 0 Å². The summed E-state index contributed by atoms with van der Waals surface area (Å²) in [4.78, 5) is 31.0. The fourth-order valence-corrected chi connectivity index (χ4v) is 3.23. The Morgan fingerprint density at radius 3 is 1.61 bits per heavy atom. The molecule has 0 radical (unpaired) electrons. The Morgan fingerprint density at radius 2 is 1.13 bits per heavy atom. The fourth-order valence-electron chi connectivity index (χ4n) is 3.23. The first-order chi connectivity index (χ1) is 11.1. The summed E-state index contributed by atoms with van der Waals surface area (Å²) in [6, 6.07) is 7.16. The van der Waals surface area contributed by atoms with Crippen molar-refractivity contribution in [3.8, 4) is 0 Å². The molecule has 5 nitrogen and oxygen atoms in total. The largest absolute Gasteiger partial charge is 0.339 e. The highest BCUT2D eigenvalue weighted by Crippen LogP contribution is 2.15. The molecule has 124 valence electrons. The van der Waals surface area contributed by atoms with Gasteiger partial charge in [0, 0.05) is 50.4 Å². The third kappa shape index (κ3) is 3.72. The number of amides is 2. The Hall–Kier alpha value is -1.88. The maximum Gasteiger partial charge on any atom is 0.253 e. The number of piperidine rings is 1. The molecule has 5 heteroatoms. The average Bonchev–Trinajstić information content (AvgIpc) is 2.62. The second kappa shape index (κ2) is 7.13. The van der Waals surface area contributed by atoms with Gasteiger partial charge in [0.15, 0.2) is 0 Å². The number of rotatable bonds is 2. The average molecular weight is 315 g/mol. The van der Waals surface area contributed by atoms with E-state index in [0.717, 1.165) is 52.1 Å². The normalized spacial score (nSPS) is 19.7. The number of nitrogens with zero attached hydrogens (tertiary/aromatic N) is 3. The molecule has 2 fully saturated rings. The van der Waals surface area contributed by atoms with Crippen molar-refractivity contribution in [3.63, 3.8) is 0 Å². The Balaban J connectivity index is 1.64. The molecule has 0 unspecified atom stereocenters. The van der Waals surface area contributed by atoms with Crippen molar-refractivity contribution in [2.24, 2.45) is 0 Å². The summed E-state index contributed by atoms with van der Waals surface area (Å²) in [5.41, 5.74) is 1.35. The van der Waals surface area contributed by atoms with Gasteiger partial charge in [0.25, 0.3) is 11.8 Å². The van der Waals surface area contributed by atoms with Crippen LogP contribution in [0.3, 0.4) is 0 Å². The molecule has 0 spiro atoms. The van der Waals surface area contributed by atoms with Gasteiger partial charge in [-0.25, -0.2) is 0 Å². The van der Waals surface area contributed by atoms with Crippen molar-refractivity contribution in [1.29, 1.82) is 0 Å². The van der Waals surface area contributed by atoms with Crippen LogP contribution >= 0.6 is 0 Å². The topological polar surface area (TPSA) is 43.9 Å². The van der Waals surface area contributed by atoms with E-state index >= 15 is 0 Å². The van der Waals surface area contributed by atoms with Gasteiger partial charge in [0.05, 0.1) is 0 Å². The van der Waals surface area contributed by atoms with Gasteiger partial charge in [0.2, 0.25) is 0 Å². The lowest BCUT2D eigenvalue weighted by atomic mass is 10.1. The Bertz CT molecular complexity index is 556. The monoisotopic (exact) mass is 315 g/mol. The number of carbonyl (C=O) groups excluding carboxylic acids is 2. The number of likely N-dealkylation sites (tertiary alicyclic amines) is 1. The lowest BCUT2D eigenvalue weighted by Crippen LogP contribution is -2.47. The van der Waals surface area contributed by atoms with E-state index in [1.807, 2.05) is 9.80 Å². The minimum atomic E-state index is 0.0649. The van der Waals surface area contributed by atoms with Crippen LogP contribution in [0.15, 0.2) is 24.3 Å². The minimum absolute atomic E-state index is 0.0649. The highest BCUT2D eigenvalue weighted by atomic mass is 16.2. The first-order valence-electron chi connectivity index (χ1n) is 8.52. The van der Waals surface area contributed by atoms with E-state index in [4.69, 9.17) is 0 Å². The summed E-state index contributed by atoms with van der Waals surface area (Å²) in [5, 5.41) is 0. The van der Waals surface area contributed by atoms with E-state index in [0.29, 0.717) is 11.1 Å². The molecule has 0 aromatic heterocycles. The van der Waals surface area contributed by atoms with E-state index in [9.17, 15) is 9.59 Å². The SMILES string of the molecule is CN1CCN(C(=O)c2ccc(C(=O)N3CCCCC3)cc2)CC1. The van der Waals surface area contributed by atoms with Crippen LogP contribution in [0, 0.1) is 0 Å². The van der Waals surface area contributed by atoms with E-state index in [2.05, 4.69) is 11.9 Å². The summed E-state index contributed by atoms with van der Waals surface area (Å²) in [7, 11) is 2.07. The molecule has 0 bridgehead atoms. The van der Waals surface area contributed by atoms with Crippen LogP contribution < -0.4 is 0 Å². The van der Waals surface area contributed by atoms with E-state index in [1.54, 1.807) is 24.3 Å². The second-order valence-electron chi connectivity index (χ2n) is 6.53. The number of hydrogen-bond acceptors (Lipinski definition) is 3. The molecule has 0 saturated carbocycles. The van der Waals surface area contributed by atoms with Crippen molar-refractivity contribution >= 4 is 11.8 Å². The quantitative estimate of drug-likeness (QED) is 0.834. The molecule has 1 aromatic carbocycles. The van der Waals surface area contributed by atoms with Crippen molar-refractivity contribution in [3.05, 3.63) is 35.4 Å². The van der Waals surface area contributed by atoms with Gasteiger partial charge < -0.3 is 14.7 Å². The van der Waals surface area contributed by atoms with Crippen molar-refractivity contribution < 1.29 is 9.59 Å². The molecular weight excluding hydrogens is 290 g/mol. The highest BCUT2D eigenvalue weighted by Gasteiger charge is 2.21. The van der Waals surface area contributed by atoms with E-state index in [-0.39, 0.29) is 11.8 Å². The third-order valence-corrected chi connectivity index (χ3v) is 4.81. The van der Waals surface area contributed by atoms with Crippen LogP contribution in [0.4, 0.5) is 0 Å². The van der Waals surface area contributed by atoms with E-state index in [1.165, 1.54) is 6.42 Å². The molecule has 2 amide bonds. The summed E-state index contributed by atoms with van der Waals surface area (Å²) in [6.45, 7) is 5.06. The Labute approximate surface area is 137 Å². The van der Waals surface area contributed by atoms with Crippen LogP contribution in [0.5, 0.6) is 0 Å². The van der Waals surface area contributed by atoms with Crippen molar-refractivity contribution in [2.75, 3.05) is 46.3 Å². The molecule has 23 heavy (non-hydrogen) atoms. The van der Waals surface area contributed by atoms with Gasteiger partial charge in [-0.1, -0.05) is 0 Å². The minimum Gasteiger partial charge on any atom is -0.339 e. The number of benzene rings is 1.